The molecule has 0 saturated carbocycles. The fourth-order valence-corrected chi connectivity index (χ4v) is 4.96. The summed E-state index contributed by atoms with van der Waals surface area (Å²) in [5, 5.41) is 0. The predicted molar refractivity (Wildman–Crippen MR) is 125 cm³/mol. The fourth-order valence-electron chi connectivity index (χ4n) is 4.96. The summed E-state index contributed by atoms with van der Waals surface area (Å²) in [4.78, 5) is 34.3. The minimum Gasteiger partial charge on any atom is -0.491 e. The summed E-state index contributed by atoms with van der Waals surface area (Å²) >= 11 is 0. The predicted octanol–water partition coefficient (Wildman–Crippen LogP) is 3.66. The Hall–Kier alpha value is -2.93. The number of carbonyl (C=O) groups excluding carboxylic acids is 2. The van der Waals surface area contributed by atoms with Crippen LogP contribution in [0.3, 0.4) is 0 Å². The minimum absolute atomic E-state index is 0.0104. The van der Waals surface area contributed by atoms with Crippen LogP contribution in [0, 0.1) is 5.41 Å². The molecule has 2 bridgehead atoms. The van der Waals surface area contributed by atoms with Gasteiger partial charge in [-0.1, -0.05) is 18.6 Å². The van der Waals surface area contributed by atoms with E-state index in [4.69, 9.17) is 9.47 Å². The van der Waals surface area contributed by atoms with Crippen LogP contribution in [0.2, 0.25) is 0 Å². The maximum Gasteiger partial charge on any atom is 0.257 e. The Balaban J connectivity index is 1.57. The number of rotatable bonds is 3. The molecule has 0 aliphatic carbocycles. The number of hydrogen-bond acceptors (Lipinski definition) is 5. The number of para-hydroxylation sites is 1. The zero-order chi connectivity index (χ0) is 23.1. The summed E-state index contributed by atoms with van der Waals surface area (Å²) in [5.74, 6) is 0.562. The van der Waals surface area contributed by atoms with Crippen molar-refractivity contribution < 1.29 is 19.1 Å². The SMILES string of the molecule is COCC12CCCCN(C(=O)c3ccncc3)CCOc3ccccc3C(=O)N(CC1)CC2. The van der Waals surface area contributed by atoms with Crippen molar-refractivity contribution in [3.05, 3.63) is 59.9 Å². The van der Waals surface area contributed by atoms with Crippen LogP contribution >= 0.6 is 0 Å². The molecule has 7 nitrogen and oxygen atoms in total. The molecule has 2 aromatic rings. The average molecular weight is 452 g/mol. The van der Waals surface area contributed by atoms with Crippen LogP contribution < -0.4 is 4.74 Å². The monoisotopic (exact) mass is 451 g/mol. The quantitative estimate of drug-likeness (QED) is 0.712. The molecule has 0 radical (unpaired) electrons. The van der Waals surface area contributed by atoms with Crippen molar-refractivity contribution in [2.75, 3.05) is 46.5 Å². The number of fused-ring (bicyclic) bond motifs is 9. The molecular formula is C26H33N3O4. The first-order chi connectivity index (χ1) is 16.1. The highest BCUT2D eigenvalue weighted by Gasteiger charge is 2.36. The van der Waals surface area contributed by atoms with Gasteiger partial charge in [-0.25, -0.2) is 0 Å². The third-order valence-corrected chi connectivity index (χ3v) is 6.90. The molecular weight excluding hydrogens is 418 g/mol. The summed E-state index contributed by atoms with van der Waals surface area (Å²) in [5.41, 5.74) is 1.29. The molecule has 5 rings (SSSR count). The number of aromatic nitrogens is 1. The van der Waals surface area contributed by atoms with E-state index in [1.54, 1.807) is 31.6 Å². The van der Waals surface area contributed by atoms with Crippen molar-refractivity contribution in [3.8, 4) is 5.75 Å². The van der Waals surface area contributed by atoms with Crippen LogP contribution in [-0.2, 0) is 4.74 Å². The van der Waals surface area contributed by atoms with Crippen molar-refractivity contribution in [2.45, 2.75) is 32.1 Å². The van der Waals surface area contributed by atoms with E-state index in [-0.39, 0.29) is 17.2 Å². The van der Waals surface area contributed by atoms with E-state index in [0.717, 1.165) is 45.2 Å². The Bertz CT molecular complexity index is 942. The molecule has 0 spiro atoms. The third kappa shape index (κ3) is 5.53. The van der Waals surface area contributed by atoms with Crippen LogP contribution in [0.4, 0.5) is 0 Å². The Morgan fingerprint density at radius 2 is 1.79 bits per heavy atom. The number of methoxy groups -OCH3 is 1. The van der Waals surface area contributed by atoms with Crippen molar-refractivity contribution in [1.82, 2.24) is 14.8 Å². The molecule has 176 valence electrons. The van der Waals surface area contributed by atoms with Gasteiger partial charge >= 0.3 is 0 Å². The molecule has 7 heteroatoms. The van der Waals surface area contributed by atoms with Crippen LogP contribution in [-0.4, -0.2) is 73.1 Å². The van der Waals surface area contributed by atoms with Gasteiger partial charge in [-0.05, 0) is 55.4 Å². The Labute approximate surface area is 195 Å². The first kappa shape index (κ1) is 23.2. The van der Waals surface area contributed by atoms with Crippen LogP contribution in [0.25, 0.3) is 0 Å². The average Bonchev–Trinajstić information content (AvgIpc) is 2.86. The first-order valence-corrected chi connectivity index (χ1v) is 11.8. The van der Waals surface area contributed by atoms with Gasteiger partial charge in [0.15, 0.2) is 0 Å². The Morgan fingerprint density at radius 3 is 2.55 bits per heavy atom. The van der Waals surface area contributed by atoms with Gasteiger partial charge < -0.3 is 19.3 Å². The molecule has 0 atom stereocenters. The van der Waals surface area contributed by atoms with Crippen molar-refractivity contribution in [1.29, 1.82) is 0 Å². The number of ether oxygens (including phenoxy) is 2. The normalized spacial score (nSPS) is 19.2. The molecule has 33 heavy (non-hydrogen) atoms. The fraction of sp³-hybridized carbons (Fsp3) is 0.500. The third-order valence-electron chi connectivity index (χ3n) is 6.90. The second-order valence-electron chi connectivity index (χ2n) is 9.06. The molecule has 1 fully saturated rings. The number of carbonyl (C=O) groups is 2. The lowest BCUT2D eigenvalue weighted by Gasteiger charge is -2.41. The van der Waals surface area contributed by atoms with E-state index >= 15 is 0 Å². The topological polar surface area (TPSA) is 72.0 Å². The number of nitrogens with zero attached hydrogens (tertiary/aromatic N) is 3. The van der Waals surface area contributed by atoms with Crippen molar-refractivity contribution in [3.63, 3.8) is 0 Å². The number of pyridine rings is 1. The van der Waals surface area contributed by atoms with Gasteiger partial charge in [0.1, 0.15) is 12.4 Å². The second-order valence-corrected chi connectivity index (χ2v) is 9.06. The molecule has 1 aromatic carbocycles. The van der Waals surface area contributed by atoms with Gasteiger partial charge in [0.2, 0.25) is 0 Å². The number of amides is 2. The summed E-state index contributed by atoms with van der Waals surface area (Å²) in [7, 11) is 1.75. The van der Waals surface area contributed by atoms with Crippen molar-refractivity contribution in [2.24, 2.45) is 5.41 Å². The molecule has 2 amide bonds. The van der Waals surface area contributed by atoms with E-state index in [1.807, 2.05) is 34.1 Å². The summed E-state index contributed by atoms with van der Waals surface area (Å²) in [6.45, 7) is 3.60. The van der Waals surface area contributed by atoms with E-state index in [1.165, 1.54) is 0 Å². The number of hydrogen-bond donors (Lipinski definition) is 0. The molecule has 0 unspecified atom stereocenters. The molecule has 0 N–H and O–H groups in total. The maximum absolute atomic E-state index is 13.3. The van der Waals surface area contributed by atoms with Gasteiger partial charge in [0.25, 0.3) is 11.8 Å². The van der Waals surface area contributed by atoms with Gasteiger partial charge in [0, 0.05) is 44.7 Å². The van der Waals surface area contributed by atoms with E-state index in [0.29, 0.717) is 43.2 Å². The van der Waals surface area contributed by atoms with E-state index < -0.39 is 0 Å². The first-order valence-electron chi connectivity index (χ1n) is 11.8. The maximum atomic E-state index is 13.3. The lowest BCUT2D eigenvalue weighted by atomic mass is 9.75. The number of benzene rings is 1. The zero-order valence-corrected chi connectivity index (χ0v) is 19.4. The van der Waals surface area contributed by atoms with Crippen LogP contribution in [0.1, 0.15) is 52.8 Å². The zero-order valence-electron chi connectivity index (χ0n) is 19.4. The van der Waals surface area contributed by atoms with Crippen molar-refractivity contribution >= 4 is 11.8 Å². The molecule has 3 aliphatic rings. The van der Waals surface area contributed by atoms with Crippen LogP contribution in [0.5, 0.6) is 5.75 Å². The standard InChI is InChI=1S/C26H33N3O4/c1-32-20-26-10-4-5-15-28(24(30)21-8-13-27-14-9-21)18-19-33-23-7-3-2-6-22(23)25(31)29(16-11-26)17-12-26/h2-3,6-9,13-14H,4-5,10-12,15-20H2,1H3. The molecule has 1 aromatic heterocycles. The van der Waals surface area contributed by atoms with E-state index in [9.17, 15) is 9.59 Å². The number of piperidine rings is 1. The largest absolute Gasteiger partial charge is 0.491 e. The summed E-state index contributed by atoms with van der Waals surface area (Å²) < 4.78 is 11.6. The smallest absolute Gasteiger partial charge is 0.257 e. The Morgan fingerprint density at radius 1 is 1.03 bits per heavy atom. The summed E-state index contributed by atoms with van der Waals surface area (Å²) in [6.07, 6.45) is 8.09. The van der Waals surface area contributed by atoms with Gasteiger partial charge in [-0.2, -0.15) is 0 Å². The summed E-state index contributed by atoms with van der Waals surface area (Å²) in [6, 6.07) is 10.9. The highest BCUT2D eigenvalue weighted by molar-refractivity contribution is 5.97. The van der Waals surface area contributed by atoms with Gasteiger partial charge in [-0.15, -0.1) is 0 Å². The van der Waals surface area contributed by atoms with Crippen LogP contribution in [0.15, 0.2) is 48.8 Å². The molecule has 1 saturated heterocycles. The van der Waals surface area contributed by atoms with E-state index in [2.05, 4.69) is 4.98 Å². The second kappa shape index (κ2) is 10.8. The van der Waals surface area contributed by atoms with Gasteiger partial charge in [0.05, 0.1) is 18.7 Å². The minimum atomic E-state index is -0.0201. The molecule has 3 aliphatic heterocycles. The molecule has 4 heterocycles. The lowest BCUT2D eigenvalue weighted by Crippen LogP contribution is -2.45. The Kier molecular flexibility index (Phi) is 7.60. The van der Waals surface area contributed by atoms with Gasteiger partial charge in [-0.3, -0.25) is 14.6 Å². The highest BCUT2D eigenvalue weighted by atomic mass is 16.5. The lowest BCUT2D eigenvalue weighted by molar-refractivity contribution is 0.0136. The highest BCUT2D eigenvalue weighted by Crippen LogP contribution is 2.38.